The Morgan fingerprint density at radius 2 is 2.17 bits per heavy atom. The van der Waals surface area contributed by atoms with Gasteiger partial charge in [0.1, 0.15) is 5.82 Å². The van der Waals surface area contributed by atoms with Crippen LogP contribution in [0.4, 0.5) is 10.6 Å². The smallest absolute Gasteiger partial charge is 0.323 e. The fraction of sp³-hybridized carbons (Fsp3) is 0.444. The summed E-state index contributed by atoms with van der Waals surface area (Å²) in [6.45, 7) is 4.00. The molecule has 1 saturated heterocycles. The van der Waals surface area contributed by atoms with Crippen LogP contribution in [-0.2, 0) is 6.54 Å². The van der Waals surface area contributed by atoms with E-state index in [1.54, 1.807) is 4.90 Å². The Bertz CT molecular complexity index is 684. The average Bonchev–Trinajstić information content (AvgIpc) is 2.94. The first-order valence-electron chi connectivity index (χ1n) is 8.41. The topological polar surface area (TPSA) is 70.4 Å². The third kappa shape index (κ3) is 3.94. The molecule has 1 fully saturated rings. The molecule has 0 saturated carbocycles. The van der Waals surface area contributed by atoms with E-state index in [9.17, 15) is 9.90 Å². The van der Waals surface area contributed by atoms with E-state index in [2.05, 4.69) is 10.4 Å². The van der Waals surface area contributed by atoms with Gasteiger partial charge in [0.25, 0.3) is 0 Å². The monoisotopic (exact) mass is 328 g/mol. The lowest BCUT2D eigenvalue weighted by molar-refractivity contribution is 0.136. The van der Waals surface area contributed by atoms with Crippen molar-refractivity contribution in [1.29, 1.82) is 0 Å². The number of urea groups is 1. The van der Waals surface area contributed by atoms with Crippen LogP contribution in [0.15, 0.2) is 36.4 Å². The summed E-state index contributed by atoms with van der Waals surface area (Å²) in [6, 6.07) is 11.8. The van der Waals surface area contributed by atoms with E-state index in [0.29, 0.717) is 18.9 Å². The third-order valence-corrected chi connectivity index (χ3v) is 4.38. The van der Waals surface area contributed by atoms with E-state index in [0.717, 1.165) is 30.6 Å². The van der Waals surface area contributed by atoms with Crippen LogP contribution in [0.2, 0.25) is 0 Å². The van der Waals surface area contributed by atoms with Gasteiger partial charge in [-0.2, -0.15) is 5.10 Å². The number of piperidine rings is 1. The van der Waals surface area contributed by atoms with Gasteiger partial charge < -0.3 is 10.0 Å². The molecule has 0 bridgehead atoms. The molecule has 2 amide bonds. The van der Waals surface area contributed by atoms with Gasteiger partial charge in [-0.15, -0.1) is 0 Å². The number of likely N-dealkylation sites (tertiary alicyclic amines) is 1. The van der Waals surface area contributed by atoms with Crippen molar-refractivity contribution in [2.24, 2.45) is 5.92 Å². The first kappa shape index (κ1) is 16.5. The predicted molar refractivity (Wildman–Crippen MR) is 92.9 cm³/mol. The van der Waals surface area contributed by atoms with Gasteiger partial charge in [0.05, 0.1) is 12.2 Å². The summed E-state index contributed by atoms with van der Waals surface area (Å²) in [5, 5.41) is 16.8. The molecule has 1 atom stereocenters. The second-order valence-electron chi connectivity index (χ2n) is 6.38. The molecule has 6 heteroatoms. The molecule has 2 aromatic rings. The highest BCUT2D eigenvalue weighted by Crippen LogP contribution is 2.18. The Kier molecular flexibility index (Phi) is 5.15. The highest BCUT2D eigenvalue weighted by molar-refractivity contribution is 5.88. The minimum atomic E-state index is -0.123. The molecule has 1 unspecified atom stereocenters. The van der Waals surface area contributed by atoms with Gasteiger partial charge in [-0.1, -0.05) is 30.3 Å². The van der Waals surface area contributed by atoms with Gasteiger partial charge in [0.15, 0.2) is 0 Å². The molecule has 2 heterocycles. The number of carbonyl (C=O) groups excluding carboxylic acids is 1. The van der Waals surface area contributed by atoms with Crippen LogP contribution >= 0.6 is 0 Å². The molecule has 1 aromatic carbocycles. The van der Waals surface area contributed by atoms with Crippen LogP contribution in [0.3, 0.4) is 0 Å². The quantitative estimate of drug-likeness (QED) is 0.906. The lowest BCUT2D eigenvalue weighted by atomic mass is 9.99. The first-order valence-corrected chi connectivity index (χ1v) is 8.41. The maximum Gasteiger partial charge on any atom is 0.323 e. The number of aliphatic hydroxyl groups excluding tert-OH is 1. The number of aromatic nitrogens is 2. The number of aliphatic hydroxyl groups is 1. The van der Waals surface area contributed by atoms with Gasteiger partial charge in [-0.05, 0) is 31.2 Å². The zero-order chi connectivity index (χ0) is 16.9. The second-order valence-corrected chi connectivity index (χ2v) is 6.38. The highest BCUT2D eigenvalue weighted by Gasteiger charge is 2.24. The van der Waals surface area contributed by atoms with Crippen molar-refractivity contribution in [2.75, 3.05) is 25.0 Å². The van der Waals surface area contributed by atoms with Crippen molar-refractivity contribution in [3.05, 3.63) is 47.7 Å². The summed E-state index contributed by atoms with van der Waals surface area (Å²) < 4.78 is 1.82. The summed E-state index contributed by atoms with van der Waals surface area (Å²) in [5.74, 6) is 0.882. The molecular weight excluding hydrogens is 304 g/mol. The van der Waals surface area contributed by atoms with Crippen molar-refractivity contribution < 1.29 is 9.90 Å². The molecule has 3 rings (SSSR count). The molecule has 2 N–H and O–H groups in total. The van der Waals surface area contributed by atoms with Crippen LogP contribution in [-0.4, -0.2) is 45.5 Å². The molecule has 0 aliphatic carbocycles. The number of amides is 2. The summed E-state index contributed by atoms with van der Waals surface area (Å²) in [4.78, 5) is 14.3. The van der Waals surface area contributed by atoms with E-state index in [1.165, 1.54) is 0 Å². The Morgan fingerprint density at radius 3 is 2.92 bits per heavy atom. The molecule has 1 aliphatic heterocycles. The van der Waals surface area contributed by atoms with Gasteiger partial charge in [0.2, 0.25) is 0 Å². The zero-order valence-corrected chi connectivity index (χ0v) is 14.0. The van der Waals surface area contributed by atoms with Crippen LogP contribution in [0.25, 0.3) is 0 Å². The Hall–Kier alpha value is -2.34. The largest absolute Gasteiger partial charge is 0.396 e. The molecule has 1 aromatic heterocycles. The SMILES string of the molecule is Cc1cc(NC(=O)N2CCCC(CO)C2)n(Cc2ccccc2)n1. The summed E-state index contributed by atoms with van der Waals surface area (Å²) in [5.41, 5.74) is 2.00. The molecule has 6 nitrogen and oxygen atoms in total. The number of rotatable bonds is 4. The van der Waals surface area contributed by atoms with Crippen molar-refractivity contribution in [2.45, 2.75) is 26.3 Å². The maximum absolute atomic E-state index is 12.5. The van der Waals surface area contributed by atoms with E-state index >= 15 is 0 Å². The van der Waals surface area contributed by atoms with E-state index in [1.807, 2.05) is 48.0 Å². The minimum Gasteiger partial charge on any atom is -0.396 e. The third-order valence-electron chi connectivity index (χ3n) is 4.38. The zero-order valence-electron chi connectivity index (χ0n) is 14.0. The van der Waals surface area contributed by atoms with E-state index in [-0.39, 0.29) is 18.6 Å². The number of hydrogen-bond donors (Lipinski definition) is 2. The van der Waals surface area contributed by atoms with Gasteiger partial charge in [0, 0.05) is 25.8 Å². The summed E-state index contributed by atoms with van der Waals surface area (Å²) >= 11 is 0. The number of carbonyl (C=O) groups is 1. The van der Waals surface area contributed by atoms with Crippen molar-refractivity contribution >= 4 is 11.8 Å². The molecule has 0 radical (unpaired) electrons. The average molecular weight is 328 g/mol. The van der Waals surface area contributed by atoms with E-state index in [4.69, 9.17) is 0 Å². The van der Waals surface area contributed by atoms with Crippen LogP contribution in [0.5, 0.6) is 0 Å². The normalized spacial score (nSPS) is 17.8. The maximum atomic E-state index is 12.5. The molecular formula is C18H24N4O2. The first-order chi connectivity index (χ1) is 11.7. The minimum absolute atomic E-state index is 0.123. The number of nitrogens with one attached hydrogen (secondary N) is 1. The molecule has 1 aliphatic rings. The summed E-state index contributed by atoms with van der Waals surface area (Å²) in [7, 11) is 0. The fourth-order valence-corrected chi connectivity index (χ4v) is 3.11. The Labute approximate surface area is 142 Å². The second kappa shape index (κ2) is 7.49. The lowest BCUT2D eigenvalue weighted by Gasteiger charge is -2.31. The lowest BCUT2D eigenvalue weighted by Crippen LogP contribution is -2.43. The molecule has 0 spiro atoms. The highest BCUT2D eigenvalue weighted by atomic mass is 16.3. The van der Waals surface area contributed by atoms with Crippen LogP contribution in [0.1, 0.15) is 24.1 Å². The number of anilines is 1. The van der Waals surface area contributed by atoms with Crippen molar-refractivity contribution in [3.8, 4) is 0 Å². The Balaban J connectivity index is 1.69. The fourth-order valence-electron chi connectivity index (χ4n) is 3.11. The summed E-state index contributed by atoms with van der Waals surface area (Å²) in [6.07, 6.45) is 1.91. The predicted octanol–water partition coefficient (Wildman–Crippen LogP) is 2.48. The molecule has 128 valence electrons. The van der Waals surface area contributed by atoms with Gasteiger partial charge in [-0.3, -0.25) is 5.32 Å². The van der Waals surface area contributed by atoms with Crippen LogP contribution in [0, 0.1) is 12.8 Å². The number of benzene rings is 1. The Morgan fingerprint density at radius 1 is 1.38 bits per heavy atom. The van der Waals surface area contributed by atoms with Crippen molar-refractivity contribution in [3.63, 3.8) is 0 Å². The van der Waals surface area contributed by atoms with Gasteiger partial charge in [-0.25, -0.2) is 9.48 Å². The molecule has 24 heavy (non-hydrogen) atoms. The number of nitrogens with zero attached hydrogens (tertiary/aromatic N) is 3. The van der Waals surface area contributed by atoms with Gasteiger partial charge >= 0.3 is 6.03 Å². The number of aryl methyl sites for hydroxylation is 1. The van der Waals surface area contributed by atoms with Crippen LogP contribution < -0.4 is 5.32 Å². The number of hydrogen-bond acceptors (Lipinski definition) is 3. The standard InChI is InChI=1S/C18H24N4O2/c1-14-10-17(22(20-14)12-15-6-3-2-4-7-15)19-18(24)21-9-5-8-16(11-21)13-23/h2-4,6-7,10,16,23H,5,8-9,11-13H2,1H3,(H,19,24). The van der Waals surface area contributed by atoms with Crippen molar-refractivity contribution in [1.82, 2.24) is 14.7 Å². The van der Waals surface area contributed by atoms with E-state index < -0.39 is 0 Å².